The van der Waals surface area contributed by atoms with Gasteiger partial charge in [0.15, 0.2) is 0 Å². The van der Waals surface area contributed by atoms with E-state index in [1.807, 2.05) is 11.8 Å². The van der Waals surface area contributed by atoms with Crippen LogP contribution in [-0.2, 0) is 4.79 Å². The van der Waals surface area contributed by atoms with Crippen molar-refractivity contribution in [3.05, 3.63) is 59.9 Å². The van der Waals surface area contributed by atoms with Crippen LogP contribution in [0.2, 0.25) is 0 Å². The highest BCUT2D eigenvalue weighted by Gasteiger charge is 2.17. The number of carbonyl (C=O) groups excluding carboxylic acids is 2. The molecule has 1 aliphatic heterocycles. The number of halogens is 1. The van der Waals surface area contributed by atoms with Crippen molar-refractivity contribution in [2.24, 2.45) is 0 Å². The Balaban J connectivity index is 1.60. The summed E-state index contributed by atoms with van der Waals surface area (Å²) < 4.78 is 13.2. The lowest BCUT2D eigenvalue weighted by Crippen LogP contribution is -2.39. The molecule has 1 aliphatic rings. The lowest BCUT2D eigenvalue weighted by molar-refractivity contribution is -0.116. The van der Waals surface area contributed by atoms with Crippen molar-refractivity contribution in [1.82, 2.24) is 5.32 Å². The highest BCUT2D eigenvalue weighted by molar-refractivity contribution is 7.99. The summed E-state index contributed by atoms with van der Waals surface area (Å²) in [6.07, 6.45) is 0.396. The molecule has 0 spiro atoms. The zero-order valence-electron chi connectivity index (χ0n) is 14.1. The van der Waals surface area contributed by atoms with Gasteiger partial charge in [0.25, 0.3) is 5.91 Å². The molecule has 1 atom stereocenters. The van der Waals surface area contributed by atoms with Gasteiger partial charge in [-0.25, -0.2) is 4.39 Å². The number of anilines is 2. The normalized spacial score (nSPS) is 16.7. The Labute approximate surface area is 155 Å². The Morgan fingerprint density at radius 1 is 1.12 bits per heavy atom. The van der Waals surface area contributed by atoms with E-state index in [4.69, 9.17) is 0 Å². The van der Waals surface area contributed by atoms with Gasteiger partial charge in [0, 0.05) is 47.5 Å². The van der Waals surface area contributed by atoms with Crippen LogP contribution in [0, 0.1) is 5.82 Å². The van der Waals surface area contributed by atoms with Crippen molar-refractivity contribution in [3.63, 3.8) is 0 Å². The minimum Gasteiger partial charge on any atom is -0.326 e. The maximum atomic E-state index is 13.2. The molecule has 3 N–H and O–H groups in total. The zero-order valence-corrected chi connectivity index (χ0v) is 14.9. The van der Waals surface area contributed by atoms with Crippen LogP contribution in [-0.4, -0.2) is 35.9 Å². The smallest absolute Gasteiger partial charge is 0.255 e. The average Bonchev–Trinajstić information content (AvgIpc) is 2.62. The first-order valence-corrected chi connectivity index (χ1v) is 9.53. The highest BCUT2D eigenvalue weighted by Crippen LogP contribution is 2.16. The van der Waals surface area contributed by atoms with Gasteiger partial charge in [-0.2, -0.15) is 11.8 Å². The lowest BCUT2D eigenvalue weighted by atomic mass is 10.1. The Morgan fingerprint density at radius 2 is 1.88 bits per heavy atom. The maximum Gasteiger partial charge on any atom is 0.255 e. The Bertz CT molecular complexity index is 794. The van der Waals surface area contributed by atoms with Crippen LogP contribution in [0.4, 0.5) is 15.8 Å². The van der Waals surface area contributed by atoms with E-state index in [-0.39, 0.29) is 17.9 Å². The lowest BCUT2D eigenvalue weighted by Gasteiger charge is -2.22. The predicted octanol–water partition coefficient (Wildman–Crippen LogP) is 3.11. The third-order valence-electron chi connectivity index (χ3n) is 3.92. The van der Waals surface area contributed by atoms with Crippen LogP contribution in [0.3, 0.4) is 0 Å². The molecule has 0 radical (unpaired) electrons. The molecule has 7 heteroatoms. The minimum atomic E-state index is -0.418. The number of carbonyl (C=O) groups is 2. The number of amides is 2. The third kappa shape index (κ3) is 5.31. The topological polar surface area (TPSA) is 70.2 Å². The number of rotatable bonds is 5. The van der Waals surface area contributed by atoms with Gasteiger partial charge in [-0.05, 0) is 36.4 Å². The van der Waals surface area contributed by atoms with E-state index in [1.165, 1.54) is 18.2 Å². The fourth-order valence-corrected chi connectivity index (χ4v) is 3.64. The van der Waals surface area contributed by atoms with E-state index >= 15 is 0 Å². The maximum absolute atomic E-state index is 13.2. The SMILES string of the molecule is O=C(CC1CSCCN1)Nc1cccc(C(=O)Nc2cccc(F)c2)c1. The molecule has 0 aromatic heterocycles. The van der Waals surface area contributed by atoms with Crippen LogP contribution in [0.15, 0.2) is 48.5 Å². The summed E-state index contributed by atoms with van der Waals surface area (Å²) in [5.74, 6) is 1.12. The van der Waals surface area contributed by atoms with Crippen LogP contribution in [0.5, 0.6) is 0 Å². The molecule has 2 aromatic rings. The van der Waals surface area contributed by atoms with Gasteiger partial charge in [0.05, 0.1) is 0 Å². The number of thioether (sulfide) groups is 1. The summed E-state index contributed by atoms with van der Waals surface area (Å²) in [5, 5.41) is 8.79. The van der Waals surface area contributed by atoms with E-state index in [0.717, 1.165) is 18.1 Å². The number of nitrogens with one attached hydrogen (secondary N) is 3. The molecule has 5 nitrogen and oxygen atoms in total. The van der Waals surface area contributed by atoms with Crippen molar-refractivity contribution in [2.75, 3.05) is 28.7 Å². The highest BCUT2D eigenvalue weighted by atomic mass is 32.2. The molecule has 1 fully saturated rings. The molecule has 26 heavy (non-hydrogen) atoms. The molecule has 2 amide bonds. The summed E-state index contributed by atoms with van der Waals surface area (Å²) in [7, 11) is 0. The molecule has 1 heterocycles. The second kappa shape index (κ2) is 8.82. The molecule has 0 bridgehead atoms. The van der Waals surface area contributed by atoms with Gasteiger partial charge < -0.3 is 16.0 Å². The zero-order chi connectivity index (χ0) is 18.4. The molecule has 3 rings (SSSR count). The van der Waals surface area contributed by atoms with Gasteiger partial charge >= 0.3 is 0 Å². The van der Waals surface area contributed by atoms with Gasteiger partial charge in [-0.3, -0.25) is 9.59 Å². The largest absolute Gasteiger partial charge is 0.326 e. The standard InChI is InChI=1S/C19H20FN3O2S/c20-14-4-2-6-16(10-14)23-19(25)13-3-1-5-15(9-13)22-18(24)11-17-12-26-8-7-21-17/h1-6,9-10,17,21H,7-8,11-12H2,(H,22,24)(H,23,25). The first-order chi connectivity index (χ1) is 12.6. The monoisotopic (exact) mass is 373 g/mol. The van der Waals surface area contributed by atoms with Gasteiger partial charge in [-0.1, -0.05) is 12.1 Å². The quantitative estimate of drug-likeness (QED) is 0.753. The van der Waals surface area contributed by atoms with Gasteiger partial charge in [-0.15, -0.1) is 0 Å². The Morgan fingerprint density at radius 3 is 2.62 bits per heavy atom. The minimum absolute atomic E-state index is 0.0901. The van der Waals surface area contributed by atoms with Crippen molar-refractivity contribution >= 4 is 35.0 Å². The number of hydrogen-bond acceptors (Lipinski definition) is 4. The Hall–Kier alpha value is -2.38. The molecule has 0 aliphatic carbocycles. The molecule has 2 aromatic carbocycles. The van der Waals surface area contributed by atoms with Crippen LogP contribution in [0.25, 0.3) is 0 Å². The first kappa shape index (κ1) is 18.4. The summed E-state index contributed by atoms with van der Waals surface area (Å²) in [4.78, 5) is 24.5. The van der Waals surface area contributed by atoms with Crippen molar-refractivity contribution in [2.45, 2.75) is 12.5 Å². The fraction of sp³-hybridized carbons (Fsp3) is 0.263. The second-order valence-electron chi connectivity index (χ2n) is 6.02. The summed E-state index contributed by atoms with van der Waals surface area (Å²) >= 11 is 1.84. The summed E-state index contributed by atoms with van der Waals surface area (Å²) in [6.45, 7) is 0.915. The Kier molecular flexibility index (Phi) is 6.25. The van der Waals surface area contributed by atoms with Crippen LogP contribution >= 0.6 is 11.8 Å². The second-order valence-corrected chi connectivity index (χ2v) is 7.17. The first-order valence-electron chi connectivity index (χ1n) is 8.38. The van der Waals surface area contributed by atoms with E-state index in [1.54, 1.807) is 30.3 Å². The van der Waals surface area contributed by atoms with Gasteiger partial charge in [0.1, 0.15) is 5.82 Å². The molecule has 0 saturated carbocycles. The van der Waals surface area contributed by atoms with E-state index in [2.05, 4.69) is 16.0 Å². The third-order valence-corrected chi connectivity index (χ3v) is 5.05. The molecule has 136 valence electrons. The molecule has 1 unspecified atom stereocenters. The van der Waals surface area contributed by atoms with E-state index in [0.29, 0.717) is 23.4 Å². The average molecular weight is 373 g/mol. The van der Waals surface area contributed by atoms with E-state index < -0.39 is 5.82 Å². The predicted molar refractivity (Wildman–Crippen MR) is 103 cm³/mol. The number of hydrogen-bond donors (Lipinski definition) is 3. The summed E-state index contributed by atoms with van der Waals surface area (Å²) in [5.41, 5.74) is 1.33. The van der Waals surface area contributed by atoms with Crippen molar-refractivity contribution < 1.29 is 14.0 Å². The van der Waals surface area contributed by atoms with Crippen LogP contribution in [0.1, 0.15) is 16.8 Å². The number of benzene rings is 2. The molecular weight excluding hydrogens is 353 g/mol. The van der Waals surface area contributed by atoms with Crippen molar-refractivity contribution in [3.8, 4) is 0 Å². The van der Waals surface area contributed by atoms with Crippen LogP contribution < -0.4 is 16.0 Å². The molecule has 1 saturated heterocycles. The van der Waals surface area contributed by atoms with Crippen molar-refractivity contribution in [1.29, 1.82) is 0 Å². The fourth-order valence-electron chi connectivity index (χ4n) is 2.69. The molecular formula is C19H20FN3O2S. The van der Waals surface area contributed by atoms with E-state index in [9.17, 15) is 14.0 Å². The van der Waals surface area contributed by atoms with Gasteiger partial charge in [0.2, 0.25) is 5.91 Å². The summed E-state index contributed by atoms with van der Waals surface area (Å²) in [6, 6.07) is 12.6.